The highest BCUT2D eigenvalue weighted by atomic mass is 35.5. The number of nitrogens with zero attached hydrogens (tertiary/aromatic N) is 2. The fourth-order valence-electron chi connectivity index (χ4n) is 2.62. The Labute approximate surface area is 163 Å². The average Bonchev–Trinajstić information content (AvgIpc) is 2.88. The predicted molar refractivity (Wildman–Crippen MR) is 102 cm³/mol. The molecule has 8 heteroatoms. The van der Waals surface area contributed by atoms with Crippen LogP contribution in [-0.2, 0) is 23.0 Å². The van der Waals surface area contributed by atoms with Crippen LogP contribution in [0.4, 0.5) is 0 Å². The number of aliphatic hydroxyl groups is 1. The molecule has 1 atom stereocenters. The van der Waals surface area contributed by atoms with Gasteiger partial charge in [0.25, 0.3) is 0 Å². The first-order chi connectivity index (χ1) is 12.8. The van der Waals surface area contributed by atoms with Crippen LogP contribution in [0.2, 0.25) is 5.02 Å². The lowest BCUT2D eigenvalue weighted by Crippen LogP contribution is -2.25. The van der Waals surface area contributed by atoms with Crippen molar-refractivity contribution in [3.63, 3.8) is 0 Å². The number of carbonyl (C=O) groups excluding carboxylic acids is 1. The van der Waals surface area contributed by atoms with Crippen molar-refractivity contribution >= 4 is 17.6 Å². The minimum Gasteiger partial charge on any atom is -0.479 e. The Hall–Kier alpha value is -2.25. The molecule has 2 rings (SSSR count). The highest BCUT2D eigenvalue weighted by Crippen LogP contribution is 2.37. The van der Waals surface area contributed by atoms with Gasteiger partial charge < -0.3 is 19.3 Å². The third-order valence-corrected chi connectivity index (χ3v) is 4.52. The Morgan fingerprint density at radius 2 is 2.04 bits per heavy atom. The zero-order valence-electron chi connectivity index (χ0n) is 16.2. The summed E-state index contributed by atoms with van der Waals surface area (Å²) in [4.78, 5) is 11.7. The lowest BCUT2D eigenvalue weighted by atomic mass is 10.1. The zero-order valence-corrected chi connectivity index (χ0v) is 17.0. The van der Waals surface area contributed by atoms with Crippen LogP contribution in [0.1, 0.15) is 30.2 Å². The Morgan fingerprint density at radius 1 is 1.33 bits per heavy atom. The number of ether oxygens (including phenoxy) is 3. The number of rotatable bonds is 8. The van der Waals surface area contributed by atoms with Gasteiger partial charge in [-0.25, -0.2) is 9.48 Å². The number of benzene rings is 1. The van der Waals surface area contributed by atoms with Crippen molar-refractivity contribution in [2.24, 2.45) is 7.05 Å². The van der Waals surface area contributed by atoms with Gasteiger partial charge in [0.1, 0.15) is 5.75 Å². The SMILES string of the molecule is COC(=O)[C@H](C)Oc1cc(Oc2c(C)c(C)nn2C)c(Cl)cc1CCCO. The van der Waals surface area contributed by atoms with Crippen molar-refractivity contribution in [2.75, 3.05) is 13.7 Å². The van der Waals surface area contributed by atoms with E-state index in [9.17, 15) is 4.79 Å². The molecular formula is C19H25ClN2O5. The summed E-state index contributed by atoms with van der Waals surface area (Å²) in [5.41, 5.74) is 2.54. The van der Waals surface area contributed by atoms with Gasteiger partial charge in [0.05, 0.1) is 17.8 Å². The molecule has 0 aliphatic rings. The summed E-state index contributed by atoms with van der Waals surface area (Å²) in [6.07, 6.45) is 0.293. The van der Waals surface area contributed by atoms with Gasteiger partial charge in [-0.15, -0.1) is 0 Å². The predicted octanol–water partition coefficient (Wildman–Crippen LogP) is 3.35. The molecule has 0 saturated carbocycles. The van der Waals surface area contributed by atoms with Gasteiger partial charge >= 0.3 is 5.97 Å². The summed E-state index contributed by atoms with van der Waals surface area (Å²) in [5, 5.41) is 13.9. The Morgan fingerprint density at radius 3 is 2.59 bits per heavy atom. The van der Waals surface area contributed by atoms with Gasteiger partial charge in [0.2, 0.25) is 5.88 Å². The Bertz CT molecular complexity index is 819. The summed E-state index contributed by atoms with van der Waals surface area (Å²) in [5.74, 6) is 0.933. The van der Waals surface area contributed by atoms with E-state index in [1.54, 1.807) is 30.8 Å². The second kappa shape index (κ2) is 9.10. The van der Waals surface area contributed by atoms with Gasteiger partial charge in [-0.05, 0) is 45.2 Å². The standard InChI is InChI=1S/C19H25ClN2O5/c1-11-12(2)21-22(4)18(11)27-17-10-16(26-13(3)19(24)25-5)14(7-6-8-23)9-15(17)20/h9-10,13,23H,6-8H2,1-5H3/t13-/m0/s1. The summed E-state index contributed by atoms with van der Waals surface area (Å²) in [7, 11) is 3.09. The molecule has 148 valence electrons. The van der Waals surface area contributed by atoms with Crippen molar-refractivity contribution in [1.82, 2.24) is 9.78 Å². The average molecular weight is 397 g/mol. The van der Waals surface area contributed by atoms with Crippen molar-refractivity contribution in [3.05, 3.63) is 34.0 Å². The minimum absolute atomic E-state index is 0.0371. The number of hydrogen-bond acceptors (Lipinski definition) is 6. The number of hydrogen-bond donors (Lipinski definition) is 1. The molecule has 7 nitrogen and oxygen atoms in total. The van der Waals surface area contributed by atoms with Gasteiger partial charge in [-0.3, -0.25) is 0 Å². The third-order valence-electron chi connectivity index (χ3n) is 4.22. The van der Waals surface area contributed by atoms with Crippen molar-refractivity contribution < 1.29 is 24.1 Å². The van der Waals surface area contributed by atoms with E-state index >= 15 is 0 Å². The summed E-state index contributed by atoms with van der Waals surface area (Å²) >= 11 is 6.40. The second-order valence-electron chi connectivity index (χ2n) is 6.24. The zero-order chi connectivity index (χ0) is 20.1. The fraction of sp³-hybridized carbons (Fsp3) is 0.474. The van der Waals surface area contributed by atoms with Crippen molar-refractivity contribution in [3.8, 4) is 17.4 Å². The number of halogens is 1. The first kappa shape index (κ1) is 21.1. The number of aryl methyl sites for hydroxylation is 3. The molecule has 0 saturated heterocycles. The van der Waals surface area contributed by atoms with Crippen LogP contribution in [0.5, 0.6) is 17.4 Å². The monoisotopic (exact) mass is 396 g/mol. The smallest absolute Gasteiger partial charge is 0.346 e. The first-order valence-corrected chi connectivity index (χ1v) is 9.02. The summed E-state index contributed by atoms with van der Waals surface area (Å²) < 4.78 is 18.1. The molecule has 1 heterocycles. The van der Waals surface area contributed by atoms with Crippen molar-refractivity contribution in [2.45, 2.75) is 39.7 Å². The molecule has 0 radical (unpaired) electrons. The first-order valence-electron chi connectivity index (χ1n) is 8.64. The van der Waals surface area contributed by atoms with E-state index in [0.717, 1.165) is 16.8 Å². The topological polar surface area (TPSA) is 82.8 Å². The van der Waals surface area contributed by atoms with E-state index in [0.29, 0.717) is 35.2 Å². The highest BCUT2D eigenvalue weighted by molar-refractivity contribution is 6.32. The molecule has 0 amide bonds. The van der Waals surface area contributed by atoms with Crippen molar-refractivity contribution in [1.29, 1.82) is 0 Å². The summed E-state index contributed by atoms with van der Waals surface area (Å²) in [6, 6.07) is 3.38. The van der Waals surface area contributed by atoms with Crippen LogP contribution in [0, 0.1) is 13.8 Å². The number of esters is 1. The Balaban J connectivity index is 2.40. The minimum atomic E-state index is -0.794. The van der Waals surface area contributed by atoms with Crippen LogP contribution >= 0.6 is 11.6 Å². The van der Waals surface area contributed by atoms with Crippen LogP contribution in [0.15, 0.2) is 12.1 Å². The van der Waals surface area contributed by atoms with Gasteiger partial charge in [0.15, 0.2) is 11.9 Å². The van der Waals surface area contributed by atoms with E-state index < -0.39 is 12.1 Å². The summed E-state index contributed by atoms with van der Waals surface area (Å²) in [6.45, 7) is 5.45. The van der Waals surface area contributed by atoms with Crippen LogP contribution in [0.25, 0.3) is 0 Å². The Kier molecular flexibility index (Phi) is 7.10. The molecule has 27 heavy (non-hydrogen) atoms. The molecule has 1 N–H and O–H groups in total. The molecule has 0 unspecified atom stereocenters. The maximum Gasteiger partial charge on any atom is 0.346 e. The van der Waals surface area contributed by atoms with Crippen LogP contribution in [-0.4, -0.2) is 40.7 Å². The maximum atomic E-state index is 11.7. The lowest BCUT2D eigenvalue weighted by Gasteiger charge is -2.18. The van der Waals surface area contributed by atoms with Gasteiger partial charge in [-0.2, -0.15) is 5.10 Å². The molecule has 0 aliphatic carbocycles. The maximum absolute atomic E-state index is 11.7. The van der Waals surface area contributed by atoms with E-state index in [-0.39, 0.29) is 6.61 Å². The molecule has 0 spiro atoms. The van der Waals surface area contributed by atoms with E-state index in [1.807, 2.05) is 13.8 Å². The molecule has 1 aromatic carbocycles. The van der Waals surface area contributed by atoms with Gasteiger partial charge in [-0.1, -0.05) is 11.6 Å². The normalized spacial score (nSPS) is 12.0. The largest absolute Gasteiger partial charge is 0.479 e. The number of aromatic nitrogens is 2. The highest BCUT2D eigenvalue weighted by Gasteiger charge is 2.20. The van der Waals surface area contributed by atoms with Gasteiger partial charge in [0, 0.05) is 25.3 Å². The quantitative estimate of drug-likeness (QED) is 0.689. The molecule has 2 aromatic rings. The van der Waals surface area contributed by atoms with Crippen LogP contribution < -0.4 is 9.47 Å². The molecular weight excluding hydrogens is 372 g/mol. The fourth-order valence-corrected chi connectivity index (χ4v) is 2.85. The molecule has 1 aromatic heterocycles. The second-order valence-corrected chi connectivity index (χ2v) is 6.65. The molecule has 0 bridgehead atoms. The third kappa shape index (κ3) is 4.93. The number of carbonyl (C=O) groups is 1. The van der Waals surface area contributed by atoms with E-state index in [1.165, 1.54) is 7.11 Å². The number of aliphatic hydroxyl groups excluding tert-OH is 1. The lowest BCUT2D eigenvalue weighted by molar-refractivity contribution is -0.147. The van der Waals surface area contributed by atoms with E-state index in [4.69, 9.17) is 30.9 Å². The molecule has 0 aliphatic heterocycles. The number of methoxy groups -OCH3 is 1. The van der Waals surface area contributed by atoms with E-state index in [2.05, 4.69) is 5.10 Å². The molecule has 0 fully saturated rings. The van der Waals surface area contributed by atoms with Crippen LogP contribution in [0.3, 0.4) is 0 Å².